The average Bonchev–Trinajstić information content (AvgIpc) is 3.26. The predicted molar refractivity (Wildman–Crippen MR) is 93.9 cm³/mol. The Hall–Kier alpha value is -2.57. The fourth-order valence-corrected chi connectivity index (χ4v) is 3.79. The van der Waals surface area contributed by atoms with Crippen LogP contribution in [-0.4, -0.2) is 45.9 Å². The molecule has 7 nitrogen and oxygen atoms in total. The van der Waals surface area contributed by atoms with Crippen LogP contribution in [0.25, 0.3) is 0 Å². The van der Waals surface area contributed by atoms with E-state index in [0.29, 0.717) is 18.0 Å². The number of para-hydroxylation sites is 2. The fraction of sp³-hybridized carbons (Fsp3) is 0.500. The number of carbonyl (C=O) groups excluding carboxylic acids is 1. The van der Waals surface area contributed by atoms with Crippen molar-refractivity contribution < 1.29 is 9.53 Å². The van der Waals surface area contributed by atoms with Gasteiger partial charge in [-0.05, 0) is 31.4 Å². The maximum atomic E-state index is 12.7. The minimum absolute atomic E-state index is 0.0876. The van der Waals surface area contributed by atoms with Crippen LogP contribution in [0.4, 0.5) is 10.5 Å². The number of carbonyl (C=O) groups is 1. The highest BCUT2D eigenvalue weighted by Gasteiger charge is 2.30. The number of methoxy groups -OCH3 is 1. The van der Waals surface area contributed by atoms with Gasteiger partial charge in [0.1, 0.15) is 17.4 Å². The van der Waals surface area contributed by atoms with E-state index >= 15 is 0 Å². The molecule has 4 rings (SSSR count). The van der Waals surface area contributed by atoms with Crippen molar-refractivity contribution >= 4 is 11.7 Å². The van der Waals surface area contributed by atoms with E-state index in [1.54, 1.807) is 7.11 Å². The molecule has 25 heavy (non-hydrogen) atoms. The highest BCUT2D eigenvalue weighted by atomic mass is 16.5. The molecule has 1 fully saturated rings. The van der Waals surface area contributed by atoms with Crippen molar-refractivity contribution in [3.05, 3.63) is 35.9 Å². The third-order valence-corrected chi connectivity index (χ3v) is 5.06. The molecular formula is C18H23N5O2. The van der Waals surface area contributed by atoms with Crippen LogP contribution in [-0.2, 0) is 13.0 Å². The minimum Gasteiger partial charge on any atom is -0.495 e. The van der Waals surface area contributed by atoms with E-state index in [9.17, 15) is 4.79 Å². The number of hydrogen-bond donors (Lipinski definition) is 1. The molecule has 0 radical (unpaired) electrons. The molecule has 7 heteroatoms. The quantitative estimate of drug-likeness (QED) is 0.931. The summed E-state index contributed by atoms with van der Waals surface area (Å²) < 4.78 is 7.55. The molecule has 1 N–H and O–H groups in total. The number of benzene rings is 1. The Bertz CT molecular complexity index is 773. The summed E-state index contributed by atoms with van der Waals surface area (Å²) in [5.41, 5.74) is 0.695. The Morgan fingerprint density at radius 2 is 2.12 bits per heavy atom. The Balaban J connectivity index is 1.46. The van der Waals surface area contributed by atoms with Crippen LogP contribution < -0.4 is 10.1 Å². The van der Waals surface area contributed by atoms with Gasteiger partial charge in [0.2, 0.25) is 0 Å². The predicted octanol–water partition coefficient (Wildman–Crippen LogP) is 2.64. The zero-order chi connectivity index (χ0) is 17.2. The van der Waals surface area contributed by atoms with E-state index in [4.69, 9.17) is 4.74 Å². The molecule has 2 aliphatic rings. The molecule has 2 aliphatic heterocycles. The molecule has 1 saturated heterocycles. The standard InChI is InChI=1S/C18H23N5O2/c1-25-15-8-3-2-7-14(15)19-18(24)22-10-4-6-13(12-22)17-21-20-16-9-5-11-23(16)17/h2-3,7-8,13H,4-6,9-12H2,1H3,(H,19,24)/t13-/m1/s1. The number of rotatable bonds is 3. The van der Waals surface area contributed by atoms with Crippen molar-refractivity contribution in [1.29, 1.82) is 0 Å². The van der Waals surface area contributed by atoms with Crippen LogP contribution in [0.15, 0.2) is 24.3 Å². The number of anilines is 1. The Morgan fingerprint density at radius 1 is 1.24 bits per heavy atom. The first-order valence-corrected chi connectivity index (χ1v) is 8.87. The second-order valence-corrected chi connectivity index (χ2v) is 6.65. The zero-order valence-electron chi connectivity index (χ0n) is 14.4. The maximum Gasteiger partial charge on any atom is 0.321 e. The van der Waals surface area contributed by atoms with Gasteiger partial charge >= 0.3 is 6.03 Å². The van der Waals surface area contributed by atoms with Crippen LogP contribution in [0.2, 0.25) is 0 Å². The van der Waals surface area contributed by atoms with Gasteiger partial charge in [-0.2, -0.15) is 0 Å². The summed E-state index contributed by atoms with van der Waals surface area (Å²) in [5, 5.41) is 11.7. The molecule has 132 valence electrons. The number of nitrogens with zero attached hydrogens (tertiary/aromatic N) is 4. The first-order valence-electron chi connectivity index (χ1n) is 8.87. The zero-order valence-corrected chi connectivity index (χ0v) is 14.4. The Morgan fingerprint density at radius 3 is 3.00 bits per heavy atom. The van der Waals surface area contributed by atoms with Crippen molar-refractivity contribution in [3.63, 3.8) is 0 Å². The van der Waals surface area contributed by atoms with E-state index in [1.165, 1.54) is 0 Å². The molecule has 1 atom stereocenters. The van der Waals surface area contributed by atoms with Gasteiger partial charge in [-0.1, -0.05) is 12.1 Å². The molecule has 3 heterocycles. The van der Waals surface area contributed by atoms with E-state index in [2.05, 4.69) is 20.1 Å². The number of likely N-dealkylation sites (tertiary alicyclic amines) is 1. The molecule has 1 aromatic carbocycles. The first kappa shape index (κ1) is 15.9. The number of amides is 2. The van der Waals surface area contributed by atoms with Gasteiger partial charge in [0.05, 0.1) is 12.8 Å². The van der Waals surface area contributed by atoms with E-state index in [-0.39, 0.29) is 11.9 Å². The maximum absolute atomic E-state index is 12.7. The Labute approximate surface area is 147 Å². The summed E-state index contributed by atoms with van der Waals surface area (Å²) in [6.07, 6.45) is 4.18. The molecular weight excluding hydrogens is 318 g/mol. The van der Waals surface area contributed by atoms with Crippen LogP contribution in [0, 0.1) is 0 Å². The second-order valence-electron chi connectivity index (χ2n) is 6.65. The van der Waals surface area contributed by atoms with E-state index in [1.807, 2.05) is 29.2 Å². The lowest BCUT2D eigenvalue weighted by molar-refractivity contribution is 0.190. The summed E-state index contributed by atoms with van der Waals surface area (Å²) >= 11 is 0. The number of aryl methyl sites for hydroxylation is 1. The van der Waals surface area contributed by atoms with Crippen molar-refractivity contribution in [2.24, 2.45) is 0 Å². The number of hydrogen-bond acceptors (Lipinski definition) is 4. The third-order valence-electron chi connectivity index (χ3n) is 5.06. The van der Waals surface area contributed by atoms with E-state index < -0.39 is 0 Å². The van der Waals surface area contributed by atoms with Gasteiger partial charge in [-0.3, -0.25) is 0 Å². The second kappa shape index (κ2) is 6.74. The van der Waals surface area contributed by atoms with Crippen molar-refractivity contribution in [2.45, 2.75) is 38.1 Å². The molecule has 0 bridgehead atoms. The molecule has 0 aliphatic carbocycles. The number of piperidine rings is 1. The van der Waals surface area contributed by atoms with Crippen LogP contribution in [0.3, 0.4) is 0 Å². The molecule has 0 saturated carbocycles. The fourth-order valence-electron chi connectivity index (χ4n) is 3.79. The number of ether oxygens (including phenoxy) is 1. The van der Waals surface area contributed by atoms with Gasteiger partial charge in [0, 0.05) is 32.0 Å². The monoisotopic (exact) mass is 341 g/mol. The normalized spacial score (nSPS) is 19.6. The number of urea groups is 1. The lowest BCUT2D eigenvalue weighted by Crippen LogP contribution is -2.42. The van der Waals surface area contributed by atoms with Gasteiger partial charge in [-0.15, -0.1) is 10.2 Å². The van der Waals surface area contributed by atoms with Crippen LogP contribution in [0.1, 0.15) is 36.8 Å². The summed E-state index contributed by atoms with van der Waals surface area (Å²) in [6.45, 7) is 2.44. The van der Waals surface area contributed by atoms with Gasteiger partial charge in [0.25, 0.3) is 0 Å². The molecule has 2 aromatic rings. The smallest absolute Gasteiger partial charge is 0.321 e. The van der Waals surface area contributed by atoms with Gasteiger partial charge < -0.3 is 19.5 Å². The first-order chi connectivity index (χ1) is 12.3. The van der Waals surface area contributed by atoms with Crippen molar-refractivity contribution in [1.82, 2.24) is 19.7 Å². The van der Waals surface area contributed by atoms with Gasteiger partial charge in [0.15, 0.2) is 0 Å². The number of aromatic nitrogens is 3. The SMILES string of the molecule is COc1ccccc1NC(=O)N1CCC[C@@H](c2nnc3n2CCC3)C1. The lowest BCUT2D eigenvalue weighted by Gasteiger charge is -2.32. The van der Waals surface area contributed by atoms with Crippen molar-refractivity contribution in [3.8, 4) is 5.75 Å². The third kappa shape index (κ3) is 3.06. The highest BCUT2D eigenvalue weighted by Crippen LogP contribution is 2.29. The highest BCUT2D eigenvalue weighted by molar-refractivity contribution is 5.91. The summed E-state index contributed by atoms with van der Waals surface area (Å²) in [6, 6.07) is 7.38. The number of fused-ring (bicyclic) bond motifs is 1. The summed E-state index contributed by atoms with van der Waals surface area (Å²) in [7, 11) is 1.60. The lowest BCUT2D eigenvalue weighted by atomic mass is 9.97. The van der Waals surface area contributed by atoms with Crippen molar-refractivity contribution in [2.75, 3.05) is 25.5 Å². The molecule has 0 unspecified atom stereocenters. The summed E-state index contributed by atoms with van der Waals surface area (Å²) in [5.74, 6) is 3.06. The largest absolute Gasteiger partial charge is 0.495 e. The van der Waals surface area contributed by atoms with E-state index in [0.717, 1.165) is 50.4 Å². The van der Waals surface area contributed by atoms with Crippen LogP contribution in [0.5, 0.6) is 5.75 Å². The average molecular weight is 341 g/mol. The van der Waals surface area contributed by atoms with Gasteiger partial charge in [-0.25, -0.2) is 4.79 Å². The summed E-state index contributed by atoms with van der Waals surface area (Å²) in [4.78, 5) is 14.6. The molecule has 1 aromatic heterocycles. The minimum atomic E-state index is -0.0876. The number of nitrogens with one attached hydrogen (secondary N) is 1. The topological polar surface area (TPSA) is 72.3 Å². The van der Waals surface area contributed by atoms with Crippen LogP contribution >= 0.6 is 0 Å². The molecule has 0 spiro atoms. The molecule has 2 amide bonds. The Kier molecular flexibility index (Phi) is 4.29.